The second kappa shape index (κ2) is 10.5. The largest absolute Gasteiger partial charge is 0.416 e. The standard InChI is InChI=1S/C23H28F4/c1-2-3-4-5-6-7-8-9-10-18-11-16-21(22(24)17-18)19-12-14-20(15-13-19)23(25,26)27/h11-17H,2-10H2,1H3. The van der Waals surface area contributed by atoms with Gasteiger partial charge in [-0.15, -0.1) is 0 Å². The highest BCUT2D eigenvalue weighted by molar-refractivity contribution is 5.64. The molecule has 27 heavy (non-hydrogen) atoms. The molecule has 2 rings (SSSR count). The lowest BCUT2D eigenvalue weighted by Crippen LogP contribution is -2.04. The van der Waals surface area contributed by atoms with E-state index in [9.17, 15) is 17.6 Å². The maximum atomic E-state index is 14.4. The highest BCUT2D eigenvalue weighted by atomic mass is 19.4. The van der Waals surface area contributed by atoms with Crippen molar-refractivity contribution < 1.29 is 17.6 Å². The molecule has 0 amide bonds. The van der Waals surface area contributed by atoms with E-state index < -0.39 is 11.7 Å². The molecule has 0 saturated carbocycles. The molecule has 0 atom stereocenters. The number of alkyl halides is 3. The highest BCUT2D eigenvalue weighted by Crippen LogP contribution is 2.31. The fourth-order valence-corrected chi connectivity index (χ4v) is 3.25. The Morgan fingerprint density at radius 3 is 1.89 bits per heavy atom. The fourth-order valence-electron chi connectivity index (χ4n) is 3.25. The minimum Gasteiger partial charge on any atom is -0.206 e. The second-order valence-corrected chi connectivity index (χ2v) is 7.11. The molecule has 0 aromatic heterocycles. The van der Waals surface area contributed by atoms with Crippen LogP contribution in [-0.2, 0) is 12.6 Å². The van der Waals surface area contributed by atoms with Crippen LogP contribution in [0.5, 0.6) is 0 Å². The van der Waals surface area contributed by atoms with E-state index in [1.54, 1.807) is 6.07 Å². The van der Waals surface area contributed by atoms with Crippen LogP contribution in [0.4, 0.5) is 17.6 Å². The van der Waals surface area contributed by atoms with Crippen molar-refractivity contribution in [3.63, 3.8) is 0 Å². The van der Waals surface area contributed by atoms with Gasteiger partial charge in [-0.25, -0.2) is 4.39 Å². The summed E-state index contributed by atoms with van der Waals surface area (Å²) >= 11 is 0. The molecule has 0 saturated heterocycles. The molecule has 0 unspecified atom stereocenters. The minimum atomic E-state index is -4.38. The van der Waals surface area contributed by atoms with E-state index in [1.165, 1.54) is 56.7 Å². The summed E-state index contributed by atoms with van der Waals surface area (Å²) in [6.07, 6.45) is 6.30. The zero-order valence-electron chi connectivity index (χ0n) is 15.9. The Balaban J connectivity index is 1.85. The Labute approximate surface area is 159 Å². The molecule has 0 fully saturated rings. The Kier molecular flexibility index (Phi) is 8.33. The first-order valence-electron chi connectivity index (χ1n) is 9.88. The lowest BCUT2D eigenvalue weighted by Gasteiger charge is -2.09. The van der Waals surface area contributed by atoms with Gasteiger partial charge >= 0.3 is 6.18 Å². The van der Waals surface area contributed by atoms with Gasteiger partial charge in [0.25, 0.3) is 0 Å². The van der Waals surface area contributed by atoms with Gasteiger partial charge in [-0.3, -0.25) is 0 Å². The lowest BCUT2D eigenvalue weighted by molar-refractivity contribution is -0.137. The molecule has 0 N–H and O–H groups in total. The predicted octanol–water partition coefficient (Wildman–Crippen LogP) is 8.19. The monoisotopic (exact) mass is 380 g/mol. The van der Waals surface area contributed by atoms with Gasteiger partial charge in [0, 0.05) is 5.56 Å². The third-order valence-electron chi connectivity index (χ3n) is 4.88. The molecule has 0 nitrogen and oxygen atoms in total. The van der Waals surface area contributed by atoms with Gasteiger partial charge in [-0.1, -0.05) is 76.1 Å². The van der Waals surface area contributed by atoms with E-state index in [2.05, 4.69) is 6.92 Å². The average molecular weight is 380 g/mol. The topological polar surface area (TPSA) is 0 Å². The number of benzene rings is 2. The van der Waals surface area contributed by atoms with Crippen molar-refractivity contribution in [2.75, 3.05) is 0 Å². The molecule has 0 aliphatic heterocycles. The first-order chi connectivity index (χ1) is 12.9. The van der Waals surface area contributed by atoms with Gasteiger partial charge in [-0.2, -0.15) is 13.2 Å². The van der Waals surface area contributed by atoms with Crippen LogP contribution < -0.4 is 0 Å². The van der Waals surface area contributed by atoms with Crippen LogP contribution in [0.2, 0.25) is 0 Å². The van der Waals surface area contributed by atoms with Crippen LogP contribution in [0.15, 0.2) is 42.5 Å². The Hall–Kier alpha value is -1.84. The van der Waals surface area contributed by atoms with Gasteiger partial charge in [-0.05, 0) is 42.2 Å². The van der Waals surface area contributed by atoms with Crippen molar-refractivity contribution >= 4 is 0 Å². The smallest absolute Gasteiger partial charge is 0.206 e. The molecule has 2 aromatic rings. The van der Waals surface area contributed by atoms with E-state index in [-0.39, 0.29) is 5.82 Å². The molecular weight excluding hydrogens is 352 g/mol. The molecule has 148 valence electrons. The normalized spacial score (nSPS) is 11.7. The molecule has 0 aliphatic rings. The van der Waals surface area contributed by atoms with Crippen molar-refractivity contribution in [1.82, 2.24) is 0 Å². The number of aryl methyl sites for hydroxylation is 1. The van der Waals surface area contributed by atoms with Gasteiger partial charge in [0.1, 0.15) is 5.82 Å². The van der Waals surface area contributed by atoms with E-state index in [4.69, 9.17) is 0 Å². The van der Waals surface area contributed by atoms with E-state index in [0.717, 1.165) is 37.0 Å². The number of hydrogen-bond donors (Lipinski definition) is 0. The summed E-state index contributed by atoms with van der Waals surface area (Å²) in [5, 5.41) is 0. The molecule has 0 aliphatic carbocycles. The summed E-state index contributed by atoms with van der Waals surface area (Å²) in [5.41, 5.74) is 1.01. The molecule has 0 heterocycles. The summed E-state index contributed by atoms with van der Waals surface area (Å²) in [7, 11) is 0. The van der Waals surface area contributed by atoms with Gasteiger partial charge in [0.05, 0.1) is 5.56 Å². The average Bonchev–Trinajstić information content (AvgIpc) is 2.63. The quantitative estimate of drug-likeness (QED) is 0.288. The number of hydrogen-bond acceptors (Lipinski definition) is 0. The van der Waals surface area contributed by atoms with Crippen LogP contribution in [0.1, 0.15) is 69.4 Å². The molecule has 0 spiro atoms. The van der Waals surface area contributed by atoms with Crippen molar-refractivity contribution in [3.8, 4) is 11.1 Å². The number of rotatable bonds is 10. The van der Waals surface area contributed by atoms with Crippen LogP contribution in [-0.4, -0.2) is 0 Å². The molecular formula is C23H28F4. The summed E-state index contributed by atoms with van der Waals surface area (Å²) in [5.74, 6) is -0.383. The third-order valence-corrected chi connectivity index (χ3v) is 4.88. The summed E-state index contributed by atoms with van der Waals surface area (Å²) in [6, 6.07) is 9.66. The number of halogens is 4. The Morgan fingerprint density at radius 2 is 1.33 bits per heavy atom. The van der Waals surface area contributed by atoms with Crippen LogP contribution >= 0.6 is 0 Å². The maximum absolute atomic E-state index is 14.4. The number of unbranched alkanes of at least 4 members (excludes halogenated alkanes) is 7. The predicted molar refractivity (Wildman–Crippen MR) is 103 cm³/mol. The van der Waals surface area contributed by atoms with Crippen molar-refractivity contribution in [2.24, 2.45) is 0 Å². The zero-order chi connectivity index (χ0) is 19.7. The van der Waals surface area contributed by atoms with Gasteiger partial charge < -0.3 is 0 Å². The Bertz CT molecular complexity index is 687. The molecule has 2 aromatic carbocycles. The zero-order valence-corrected chi connectivity index (χ0v) is 15.9. The summed E-state index contributed by atoms with van der Waals surface area (Å²) in [4.78, 5) is 0. The summed E-state index contributed by atoms with van der Waals surface area (Å²) in [6.45, 7) is 2.21. The minimum absolute atomic E-state index is 0.336. The van der Waals surface area contributed by atoms with Crippen molar-refractivity contribution in [3.05, 3.63) is 59.4 Å². The SMILES string of the molecule is CCCCCCCCCCc1ccc(-c2ccc(C(F)(F)F)cc2)c(F)c1. The molecule has 0 bridgehead atoms. The van der Waals surface area contributed by atoms with Gasteiger partial charge in [0.15, 0.2) is 0 Å². The maximum Gasteiger partial charge on any atom is 0.416 e. The third kappa shape index (κ3) is 7.00. The van der Waals surface area contributed by atoms with Crippen LogP contribution in [0.25, 0.3) is 11.1 Å². The van der Waals surface area contributed by atoms with Crippen LogP contribution in [0.3, 0.4) is 0 Å². The van der Waals surface area contributed by atoms with Crippen LogP contribution in [0, 0.1) is 5.82 Å². The van der Waals surface area contributed by atoms with E-state index in [0.29, 0.717) is 11.1 Å². The second-order valence-electron chi connectivity index (χ2n) is 7.11. The Morgan fingerprint density at radius 1 is 0.741 bits per heavy atom. The fraction of sp³-hybridized carbons (Fsp3) is 0.478. The van der Waals surface area contributed by atoms with E-state index >= 15 is 0 Å². The molecule has 0 radical (unpaired) electrons. The van der Waals surface area contributed by atoms with E-state index in [1.807, 2.05) is 6.07 Å². The highest BCUT2D eigenvalue weighted by Gasteiger charge is 2.30. The first-order valence-corrected chi connectivity index (χ1v) is 9.88. The first kappa shape index (κ1) is 21.5. The van der Waals surface area contributed by atoms with Crippen molar-refractivity contribution in [2.45, 2.75) is 70.9 Å². The van der Waals surface area contributed by atoms with Gasteiger partial charge in [0.2, 0.25) is 0 Å². The van der Waals surface area contributed by atoms with Crippen molar-refractivity contribution in [1.29, 1.82) is 0 Å². The molecule has 4 heteroatoms. The lowest BCUT2D eigenvalue weighted by atomic mass is 9.99. The summed E-state index contributed by atoms with van der Waals surface area (Å²) < 4.78 is 52.3.